The quantitative estimate of drug-likeness (QED) is 0.477. The molecular formula is C24H17ClKN3O2. The number of hydrogen-bond donors (Lipinski definition) is 1. The van der Waals surface area contributed by atoms with Crippen LogP contribution in [0.5, 0.6) is 5.75 Å². The van der Waals surface area contributed by atoms with Crippen LogP contribution in [0.4, 0.5) is 5.69 Å². The maximum absolute atomic E-state index is 13.2. The Morgan fingerprint density at radius 2 is 1.61 bits per heavy atom. The minimum absolute atomic E-state index is 0. The van der Waals surface area contributed by atoms with Crippen LogP contribution < -0.4 is 67.0 Å². The Balaban J connectivity index is 0.00000272. The van der Waals surface area contributed by atoms with Crippen molar-refractivity contribution in [2.24, 2.45) is 0 Å². The van der Waals surface area contributed by atoms with Gasteiger partial charge in [-0.2, -0.15) is 5.26 Å². The topological polar surface area (TPSA) is 82.9 Å². The fraction of sp³-hybridized carbons (Fsp3) is 0.0833. The Morgan fingerprint density at radius 1 is 1.00 bits per heavy atom. The summed E-state index contributed by atoms with van der Waals surface area (Å²) in [5, 5.41) is 23.0. The molecule has 5 nitrogen and oxygen atoms in total. The van der Waals surface area contributed by atoms with E-state index in [0.717, 1.165) is 11.3 Å². The number of anilines is 1. The maximum atomic E-state index is 13.2. The minimum Gasteiger partial charge on any atom is -0.871 e. The largest absolute Gasteiger partial charge is 1.00 e. The number of halogens is 1. The smallest absolute Gasteiger partial charge is 0.871 e. The number of hydrogen-bond acceptors (Lipinski definition) is 4. The van der Waals surface area contributed by atoms with Crippen LogP contribution in [-0.4, -0.2) is 19.1 Å². The number of fused-ring (bicyclic) bond motifs is 1. The molecule has 0 aliphatic carbocycles. The van der Waals surface area contributed by atoms with Crippen LogP contribution in [-0.2, 0) is 0 Å². The van der Waals surface area contributed by atoms with Crippen LogP contribution in [0.1, 0.15) is 5.56 Å². The van der Waals surface area contributed by atoms with Crippen LogP contribution in [0.3, 0.4) is 0 Å². The van der Waals surface area contributed by atoms with Crippen LogP contribution in [0.15, 0.2) is 65.5 Å². The number of aromatic amines is 1. The van der Waals surface area contributed by atoms with Gasteiger partial charge in [-0.05, 0) is 52.9 Å². The molecule has 3 aromatic carbocycles. The van der Waals surface area contributed by atoms with Crippen LogP contribution in [0, 0.1) is 11.3 Å². The summed E-state index contributed by atoms with van der Waals surface area (Å²) in [6, 6.07) is 19.6. The van der Waals surface area contributed by atoms with Gasteiger partial charge in [0.2, 0.25) is 0 Å². The fourth-order valence-corrected chi connectivity index (χ4v) is 3.69. The van der Waals surface area contributed by atoms with E-state index in [2.05, 4.69) is 4.98 Å². The third kappa shape index (κ3) is 4.58. The van der Waals surface area contributed by atoms with E-state index in [4.69, 9.17) is 16.9 Å². The molecule has 0 fully saturated rings. The molecule has 1 N–H and O–H groups in total. The number of rotatable bonds is 3. The predicted octanol–water partition coefficient (Wildman–Crippen LogP) is 1.53. The zero-order chi connectivity index (χ0) is 21.4. The average Bonchev–Trinajstić information content (AvgIpc) is 2.74. The van der Waals surface area contributed by atoms with E-state index in [-0.39, 0.29) is 62.7 Å². The SMILES string of the molecule is CN(C)c1ccc(-c2cc3c([O-])c(-c4ccc(C#N)cc4)c(=O)[nH]c3cc2Cl)cc1.[K+]. The van der Waals surface area contributed by atoms with Crippen molar-refractivity contribution >= 4 is 28.2 Å². The van der Waals surface area contributed by atoms with Crippen LogP contribution in [0.2, 0.25) is 5.02 Å². The van der Waals surface area contributed by atoms with Crippen molar-refractivity contribution in [2.75, 3.05) is 19.0 Å². The summed E-state index contributed by atoms with van der Waals surface area (Å²) in [7, 11) is 3.92. The minimum atomic E-state index is -0.489. The van der Waals surface area contributed by atoms with Crippen LogP contribution >= 0.6 is 11.6 Å². The van der Waals surface area contributed by atoms with Gasteiger partial charge < -0.3 is 15.0 Å². The Hall–Kier alpha value is -2.11. The molecule has 0 bridgehead atoms. The van der Waals surface area contributed by atoms with Gasteiger partial charge in [-0.3, -0.25) is 4.79 Å². The molecular weight excluding hydrogens is 437 g/mol. The third-order valence-electron chi connectivity index (χ3n) is 5.05. The molecule has 1 heterocycles. The number of pyridine rings is 1. The molecule has 0 unspecified atom stereocenters. The van der Waals surface area contributed by atoms with Crippen molar-refractivity contribution in [3.05, 3.63) is 81.6 Å². The second kappa shape index (κ2) is 9.57. The molecule has 0 aliphatic heterocycles. The average molecular weight is 454 g/mol. The summed E-state index contributed by atoms with van der Waals surface area (Å²) in [5.74, 6) is -0.374. The van der Waals surface area contributed by atoms with Gasteiger partial charge in [0, 0.05) is 36.4 Å². The van der Waals surface area contributed by atoms with Crippen LogP contribution in [0.25, 0.3) is 33.2 Å². The van der Waals surface area contributed by atoms with Gasteiger partial charge >= 0.3 is 51.4 Å². The Bertz CT molecular complexity index is 1360. The van der Waals surface area contributed by atoms with Crippen molar-refractivity contribution < 1.29 is 56.5 Å². The van der Waals surface area contributed by atoms with Gasteiger partial charge in [0.05, 0.1) is 16.7 Å². The van der Waals surface area contributed by atoms with E-state index in [9.17, 15) is 9.90 Å². The van der Waals surface area contributed by atoms with E-state index in [1.54, 1.807) is 36.4 Å². The summed E-state index contributed by atoms with van der Waals surface area (Å²) in [5.41, 5.74) is 3.50. The Kier molecular flexibility index (Phi) is 7.27. The number of nitrogens with zero attached hydrogens (tertiary/aromatic N) is 2. The van der Waals surface area contributed by atoms with E-state index < -0.39 is 5.56 Å². The summed E-state index contributed by atoms with van der Waals surface area (Å²) in [6.07, 6.45) is 0. The second-order valence-electron chi connectivity index (χ2n) is 7.17. The van der Waals surface area contributed by atoms with Crippen molar-refractivity contribution in [3.8, 4) is 34.1 Å². The van der Waals surface area contributed by atoms with E-state index in [1.165, 1.54) is 0 Å². The number of H-pyrrole nitrogens is 1. The standard InChI is InChI=1S/C24H18ClN3O2.K/c1-28(2)17-9-7-15(8-10-17)18-11-19-21(12-20(18)25)27-24(30)22(23(19)29)16-5-3-14(13-26)4-6-16;/h3-12H,1-2H3,(H2,27,29,30);/q;+1/p-1. The third-order valence-corrected chi connectivity index (χ3v) is 5.36. The molecule has 0 saturated heterocycles. The maximum Gasteiger partial charge on any atom is 1.00 e. The Labute approximate surface area is 227 Å². The summed E-state index contributed by atoms with van der Waals surface area (Å²) in [6.45, 7) is 0. The molecule has 0 atom stereocenters. The Morgan fingerprint density at radius 3 is 2.19 bits per heavy atom. The first-order chi connectivity index (χ1) is 14.4. The van der Waals surface area contributed by atoms with Gasteiger partial charge in [-0.1, -0.05) is 41.6 Å². The first-order valence-corrected chi connectivity index (χ1v) is 9.61. The van der Waals surface area contributed by atoms with E-state index in [1.807, 2.05) is 49.3 Å². The molecule has 4 rings (SSSR count). The zero-order valence-corrected chi connectivity index (χ0v) is 21.2. The second-order valence-corrected chi connectivity index (χ2v) is 7.57. The molecule has 31 heavy (non-hydrogen) atoms. The summed E-state index contributed by atoms with van der Waals surface area (Å²) in [4.78, 5) is 17.4. The van der Waals surface area contributed by atoms with Crippen molar-refractivity contribution in [3.63, 3.8) is 0 Å². The molecule has 0 aliphatic rings. The van der Waals surface area contributed by atoms with E-state index in [0.29, 0.717) is 32.6 Å². The number of nitriles is 1. The predicted molar refractivity (Wildman–Crippen MR) is 119 cm³/mol. The van der Waals surface area contributed by atoms with Gasteiger partial charge in [0.1, 0.15) is 0 Å². The molecule has 7 heteroatoms. The fourth-order valence-electron chi connectivity index (χ4n) is 3.42. The first kappa shape index (κ1) is 23.5. The normalized spacial score (nSPS) is 10.4. The molecule has 0 saturated carbocycles. The zero-order valence-electron chi connectivity index (χ0n) is 17.4. The van der Waals surface area contributed by atoms with Gasteiger partial charge in [0.15, 0.2) is 0 Å². The summed E-state index contributed by atoms with van der Waals surface area (Å²) < 4.78 is 0. The molecule has 4 aromatic rings. The monoisotopic (exact) mass is 453 g/mol. The molecule has 0 radical (unpaired) electrons. The van der Waals surface area contributed by atoms with Gasteiger partial charge in [0.25, 0.3) is 5.56 Å². The molecule has 148 valence electrons. The molecule has 0 amide bonds. The molecule has 1 aromatic heterocycles. The van der Waals surface area contributed by atoms with Crippen molar-refractivity contribution in [1.82, 2.24) is 4.98 Å². The molecule has 0 spiro atoms. The van der Waals surface area contributed by atoms with Crippen molar-refractivity contribution in [2.45, 2.75) is 0 Å². The first-order valence-electron chi connectivity index (χ1n) is 9.24. The van der Waals surface area contributed by atoms with Crippen molar-refractivity contribution in [1.29, 1.82) is 5.26 Å². The van der Waals surface area contributed by atoms with Gasteiger partial charge in [-0.25, -0.2) is 0 Å². The number of nitrogens with one attached hydrogen (secondary N) is 1. The van der Waals surface area contributed by atoms with Gasteiger partial charge in [-0.15, -0.1) is 0 Å². The summed E-state index contributed by atoms with van der Waals surface area (Å²) >= 11 is 6.47. The number of benzene rings is 3. The number of aromatic nitrogens is 1. The van der Waals surface area contributed by atoms with E-state index >= 15 is 0 Å².